The molecule has 0 aromatic heterocycles. The van der Waals surface area contributed by atoms with Crippen molar-refractivity contribution in [2.45, 2.75) is 32.4 Å². The van der Waals surface area contributed by atoms with E-state index in [1.165, 1.54) is 18.2 Å². The summed E-state index contributed by atoms with van der Waals surface area (Å²) in [5, 5.41) is 5.02. The summed E-state index contributed by atoms with van der Waals surface area (Å²) in [4.78, 5) is 12.4. The van der Waals surface area contributed by atoms with Crippen molar-refractivity contribution in [3.8, 4) is 0 Å². The number of hydrazone groups is 1. The number of para-hydroxylation sites is 1. The van der Waals surface area contributed by atoms with E-state index in [0.717, 1.165) is 17.5 Å². The van der Waals surface area contributed by atoms with E-state index >= 15 is 0 Å². The van der Waals surface area contributed by atoms with E-state index < -0.39 is 17.2 Å². The molecule has 1 aromatic rings. The number of hydrogen-bond donors (Lipinski definition) is 0. The molecule has 1 spiro atoms. The van der Waals surface area contributed by atoms with E-state index in [-0.39, 0.29) is 11.6 Å². The predicted octanol–water partition coefficient (Wildman–Crippen LogP) is 3.60. The minimum atomic E-state index is -4.50. The topological polar surface area (TPSA) is 32.7 Å². The molecule has 20 heavy (non-hydrogen) atoms. The molecule has 1 aliphatic heterocycles. The SMILES string of the molecule is CC1=NN(c2ccccc2C(F)(F)F)C(=O)C12CCC2. The molecule has 1 aromatic carbocycles. The first-order valence-corrected chi connectivity index (χ1v) is 6.43. The molecule has 0 unspecified atom stereocenters. The summed E-state index contributed by atoms with van der Waals surface area (Å²) in [5.41, 5.74) is -1.06. The lowest BCUT2D eigenvalue weighted by atomic mass is 9.66. The Hall–Kier alpha value is -1.85. The summed E-state index contributed by atoms with van der Waals surface area (Å²) < 4.78 is 39.1. The van der Waals surface area contributed by atoms with Crippen LogP contribution < -0.4 is 5.01 Å². The number of anilines is 1. The molecule has 0 N–H and O–H groups in total. The predicted molar refractivity (Wildman–Crippen MR) is 68.3 cm³/mol. The fraction of sp³-hybridized carbons (Fsp3) is 0.429. The lowest BCUT2D eigenvalue weighted by Crippen LogP contribution is -2.44. The number of carbonyl (C=O) groups is 1. The second-order valence-corrected chi connectivity index (χ2v) is 5.25. The van der Waals surface area contributed by atoms with Gasteiger partial charge in [-0.25, -0.2) is 0 Å². The van der Waals surface area contributed by atoms with Gasteiger partial charge in [0.2, 0.25) is 0 Å². The lowest BCUT2D eigenvalue weighted by Gasteiger charge is -2.36. The molecule has 3 rings (SSSR count). The van der Waals surface area contributed by atoms with Gasteiger partial charge >= 0.3 is 6.18 Å². The van der Waals surface area contributed by atoms with E-state index in [9.17, 15) is 18.0 Å². The van der Waals surface area contributed by atoms with Gasteiger partial charge in [-0.1, -0.05) is 18.6 Å². The van der Waals surface area contributed by atoms with Gasteiger partial charge in [0, 0.05) is 0 Å². The van der Waals surface area contributed by atoms with Crippen LogP contribution in [-0.4, -0.2) is 11.6 Å². The molecule has 106 valence electrons. The van der Waals surface area contributed by atoms with Gasteiger partial charge in [-0.2, -0.15) is 23.3 Å². The molecule has 0 bridgehead atoms. The van der Waals surface area contributed by atoms with Crippen molar-refractivity contribution in [1.29, 1.82) is 0 Å². The quantitative estimate of drug-likeness (QED) is 0.774. The number of alkyl halides is 3. The minimum Gasteiger partial charge on any atom is -0.271 e. The van der Waals surface area contributed by atoms with Crippen LogP contribution in [0.15, 0.2) is 29.4 Å². The van der Waals surface area contributed by atoms with Crippen molar-refractivity contribution < 1.29 is 18.0 Å². The first-order valence-electron chi connectivity index (χ1n) is 6.43. The highest BCUT2D eigenvalue weighted by Gasteiger charge is 2.54. The van der Waals surface area contributed by atoms with Gasteiger partial charge in [0.25, 0.3) is 5.91 Å². The standard InChI is InChI=1S/C14H13F3N2O/c1-9-13(7-4-8-13)12(20)19(18-9)11-6-3-2-5-10(11)14(15,16)17/h2-3,5-6H,4,7-8H2,1H3. The third-order valence-electron chi connectivity index (χ3n) is 4.19. The maximum absolute atomic E-state index is 13.0. The Labute approximate surface area is 114 Å². The molecule has 0 saturated heterocycles. The second kappa shape index (κ2) is 4.07. The van der Waals surface area contributed by atoms with Gasteiger partial charge < -0.3 is 0 Å². The zero-order valence-corrected chi connectivity index (χ0v) is 10.9. The summed E-state index contributed by atoms with van der Waals surface area (Å²) in [6, 6.07) is 5.05. The lowest BCUT2D eigenvalue weighted by molar-refractivity contribution is -0.137. The summed E-state index contributed by atoms with van der Waals surface area (Å²) in [5.74, 6) is -0.335. The van der Waals surface area contributed by atoms with Crippen LogP contribution in [0.2, 0.25) is 0 Å². The number of amides is 1. The van der Waals surface area contributed by atoms with Crippen molar-refractivity contribution in [2.24, 2.45) is 10.5 Å². The van der Waals surface area contributed by atoms with Gasteiger partial charge in [0.1, 0.15) is 0 Å². The Kier molecular flexibility index (Phi) is 2.68. The number of hydrogen-bond acceptors (Lipinski definition) is 2. The van der Waals surface area contributed by atoms with E-state index in [2.05, 4.69) is 5.10 Å². The van der Waals surface area contributed by atoms with Gasteiger partial charge in [-0.05, 0) is 31.9 Å². The molecule has 1 aliphatic carbocycles. The monoisotopic (exact) mass is 282 g/mol. The zero-order chi connectivity index (χ0) is 14.5. The van der Waals surface area contributed by atoms with Gasteiger partial charge in [-0.3, -0.25) is 4.79 Å². The summed E-state index contributed by atoms with van der Waals surface area (Å²) >= 11 is 0. The Morgan fingerprint density at radius 1 is 1.25 bits per heavy atom. The van der Waals surface area contributed by atoms with Crippen LogP contribution in [0.3, 0.4) is 0 Å². The zero-order valence-electron chi connectivity index (χ0n) is 10.9. The molecule has 0 radical (unpaired) electrons. The Morgan fingerprint density at radius 3 is 2.40 bits per heavy atom. The van der Waals surface area contributed by atoms with E-state index in [0.29, 0.717) is 18.6 Å². The van der Waals surface area contributed by atoms with Crippen LogP contribution >= 0.6 is 0 Å². The summed E-state index contributed by atoms with van der Waals surface area (Å²) in [6.07, 6.45) is -2.25. The second-order valence-electron chi connectivity index (χ2n) is 5.25. The van der Waals surface area contributed by atoms with Crippen molar-refractivity contribution in [1.82, 2.24) is 0 Å². The third kappa shape index (κ3) is 1.67. The van der Waals surface area contributed by atoms with Crippen molar-refractivity contribution >= 4 is 17.3 Å². The molecule has 1 heterocycles. The number of nitrogens with zero attached hydrogens (tertiary/aromatic N) is 2. The molecular weight excluding hydrogens is 269 g/mol. The molecule has 0 atom stereocenters. The van der Waals surface area contributed by atoms with Crippen LogP contribution in [0.25, 0.3) is 0 Å². The average molecular weight is 282 g/mol. The molecule has 2 aliphatic rings. The van der Waals surface area contributed by atoms with Crippen LogP contribution in [0.5, 0.6) is 0 Å². The third-order valence-corrected chi connectivity index (χ3v) is 4.19. The van der Waals surface area contributed by atoms with Crippen molar-refractivity contribution in [2.75, 3.05) is 5.01 Å². The molecular formula is C14H13F3N2O. The maximum atomic E-state index is 13.0. The summed E-state index contributed by atoms with van der Waals surface area (Å²) in [7, 11) is 0. The smallest absolute Gasteiger partial charge is 0.271 e. The molecule has 1 amide bonds. The van der Waals surface area contributed by atoms with Crippen LogP contribution in [0.4, 0.5) is 18.9 Å². The van der Waals surface area contributed by atoms with Gasteiger partial charge in [-0.15, -0.1) is 0 Å². The fourth-order valence-corrected chi connectivity index (χ4v) is 2.82. The first kappa shape index (κ1) is 13.1. The van der Waals surface area contributed by atoms with E-state index in [1.807, 2.05) is 0 Å². The molecule has 3 nitrogen and oxygen atoms in total. The first-order chi connectivity index (χ1) is 9.36. The van der Waals surface area contributed by atoms with Gasteiger partial charge in [0.15, 0.2) is 0 Å². The van der Waals surface area contributed by atoms with Crippen molar-refractivity contribution in [3.63, 3.8) is 0 Å². The minimum absolute atomic E-state index is 0.187. The van der Waals surface area contributed by atoms with E-state index in [4.69, 9.17) is 0 Å². The number of rotatable bonds is 1. The Balaban J connectivity index is 2.06. The van der Waals surface area contributed by atoms with Crippen LogP contribution in [0, 0.1) is 5.41 Å². The molecule has 1 fully saturated rings. The maximum Gasteiger partial charge on any atom is 0.418 e. The molecule has 1 saturated carbocycles. The number of benzene rings is 1. The van der Waals surface area contributed by atoms with Gasteiger partial charge in [0.05, 0.1) is 22.4 Å². The highest BCUT2D eigenvalue weighted by Crippen LogP contribution is 2.49. The number of halogens is 3. The number of carbonyl (C=O) groups excluding carboxylic acids is 1. The fourth-order valence-electron chi connectivity index (χ4n) is 2.82. The molecule has 6 heteroatoms. The highest BCUT2D eigenvalue weighted by atomic mass is 19.4. The summed E-state index contributed by atoms with van der Waals surface area (Å²) in [6.45, 7) is 1.72. The van der Waals surface area contributed by atoms with E-state index in [1.54, 1.807) is 6.92 Å². The van der Waals surface area contributed by atoms with Crippen LogP contribution in [0.1, 0.15) is 31.7 Å². The Bertz CT molecular complexity index is 603. The van der Waals surface area contributed by atoms with Crippen LogP contribution in [-0.2, 0) is 11.0 Å². The highest BCUT2D eigenvalue weighted by molar-refractivity contribution is 6.19. The normalized spacial score (nSPS) is 21.1. The van der Waals surface area contributed by atoms with Crippen molar-refractivity contribution in [3.05, 3.63) is 29.8 Å². The Morgan fingerprint density at radius 2 is 1.90 bits per heavy atom. The average Bonchev–Trinajstić information content (AvgIpc) is 2.59. The largest absolute Gasteiger partial charge is 0.418 e.